The quantitative estimate of drug-likeness (QED) is 0.470. The highest BCUT2D eigenvalue weighted by Gasteiger charge is 1.90. The molecule has 0 unspecified atom stereocenters. The van der Waals surface area contributed by atoms with E-state index in [1.165, 1.54) is 0 Å². The zero-order valence-corrected chi connectivity index (χ0v) is 4.83. The summed E-state index contributed by atoms with van der Waals surface area (Å²) in [4.78, 5) is 0. The molecule has 2 heteroatoms. The summed E-state index contributed by atoms with van der Waals surface area (Å²) in [6.07, 6.45) is 1.91. The number of nitrogens with zero attached hydrogens (tertiary/aromatic N) is 1. The lowest BCUT2D eigenvalue weighted by molar-refractivity contribution is -0.656. The summed E-state index contributed by atoms with van der Waals surface area (Å²) in [6, 6.07) is 5.71. The van der Waals surface area contributed by atoms with Crippen LogP contribution >= 0.6 is 0 Å². The number of pyridine rings is 1. The van der Waals surface area contributed by atoms with Crippen molar-refractivity contribution in [2.24, 2.45) is 7.05 Å². The molecular weight excluding hydrogens is 100 g/mol. The zero-order valence-electron chi connectivity index (χ0n) is 4.83. The molecule has 0 aliphatic carbocycles. The number of hydrogen-bond donors (Lipinski definition) is 1. The Morgan fingerprint density at radius 2 is 2.25 bits per heavy atom. The van der Waals surface area contributed by atoms with Crippen LogP contribution < -0.4 is 10.3 Å². The molecule has 0 radical (unpaired) electrons. The maximum atomic E-state index is 5.48. The first-order chi connectivity index (χ1) is 3.80. The Kier molecular flexibility index (Phi) is 1.16. The van der Waals surface area contributed by atoms with Crippen LogP contribution in [0.3, 0.4) is 0 Å². The van der Waals surface area contributed by atoms with E-state index >= 15 is 0 Å². The van der Waals surface area contributed by atoms with Gasteiger partial charge in [-0.25, -0.2) is 4.57 Å². The van der Waals surface area contributed by atoms with Gasteiger partial charge in [-0.3, -0.25) is 5.73 Å². The topological polar surface area (TPSA) is 29.9 Å². The Hall–Kier alpha value is -1.05. The predicted molar refractivity (Wildman–Crippen MR) is 32.0 cm³/mol. The van der Waals surface area contributed by atoms with E-state index in [4.69, 9.17) is 5.73 Å². The van der Waals surface area contributed by atoms with Gasteiger partial charge in [-0.1, -0.05) is 6.07 Å². The first-order valence-corrected chi connectivity index (χ1v) is 2.51. The molecule has 0 aliphatic heterocycles. The van der Waals surface area contributed by atoms with Crippen molar-refractivity contribution in [3.63, 3.8) is 0 Å². The van der Waals surface area contributed by atoms with E-state index in [-0.39, 0.29) is 0 Å². The number of aromatic nitrogens is 1. The number of aryl methyl sites for hydroxylation is 1. The third kappa shape index (κ3) is 0.780. The Balaban J connectivity index is 3.13. The average molecular weight is 109 g/mol. The molecule has 2 nitrogen and oxygen atoms in total. The van der Waals surface area contributed by atoms with Crippen molar-refractivity contribution in [1.82, 2.24) is 0 Å². The molecule has 0 amide bonds. The zero-order chi connectivity index (χ0) is 5.98. The van der Waals surface area contributed by atoms with Gasteiger partial charge in [-0.2, -0.15) is 0 Å². The van der Waals surface area contributed by atoms with Gasteiger partial charge in [0.1, 0.15) is 0 Å². The van der Waals surface area contributed by atoms with E-state index in [2.05, 4.69) is 0 Å². The van der Waals surface area contributed by atoms with Gasteiger partial charge in [-0.05, 0) is 6.07 Å². The molecule has 8 heavy (non-hydrogen) atoms. The van der Waals surface area contributed by atoms with Crippen LogP contribution in [0.5, 0.6) is 0 Å². The summed E-state index contributed by atoms with van der Waals surface area (Å²) in [5.41, 5.74) is 5.48. The van der Waals surface area contributed by atoms with Gasteiger partial charge in [0.05, 0.1) is 13.2 Å². The van der Waals surface area contributed by atoms with Crippen LogP contribution in [0.4, 0.5) is 5.82 Å². The Morgan fingerprint density at radius 3 is 2.62 bits per heavy atom. The maximum absolute atomic E-state index is 5.48. The lowest BCUT2D eigenvalue weighted by Crippen LogP contribution is -2.30. The highest BCUT2D eigenvalue weighted by Crippen LogP contribution is 1.86. The standard InChI is InChI=1S/C6H8N2/c1-8-5-3-2-4-6(8)7/h2-5,7H,1H3/p+1. The second-order valence-corrected chi connectivity index (χ2v) is 1.74. The Morgan fingerprint density at radius 1 is 1.50 bits per heavy atom. The van der Waals surface area contributed by atoms with Crippen LogP contribution in [0.1, 0.15) is 0 Å². The largest absolute Gasteiger partial charge is 0.287 e. The van der Waals surface area contributed by atoms with Gasteiger partial charge in [0, 0.05) is 6.07 Å². The lowest BCUT2D eigenvalue weighted by atomic mass is 10.5. The van der Waals surface area contributed by atoms with Crippen molar-refractivity contribution in [2.75, 3.05) is 5.73 Å². The predicted octanol–water partition coefficient (Wildman–Crippen LogP) is 0.0933. The Labute approximate surface area is 48.6 Å². The molecule has 1 aromatic rings. The van der Waals surface area contributed by atoms with Gasteiger partial charge in [0.2, 0.25) is 0 Å². The molecule has 0 fully saturated rings. The van der Waals surface area contributed by atoms with Gasteiger partial charge in [-0.15, -0.1) is 0 Å². The first-order valence-electron chi connectivity index (χ1n) is 2.51. The summed E-state index contributed by atoms with van der Waals surface area (Å²) in [5.74, 6) is 0.785. The fourth-order valence-electron chi connectivity index (χ4n) is 0.537. The van der Waals surface area contributed by atoms with E-state index in [0.29, 0.717) is 0 Å². The molecule has 0 aromatic carbocycles. The number of anilines is 1. The van der Waals surface area contributed by atoms with Gasteiger partial charge in [0.25, 0.3) is 5.82 Å². The summed E-state index contributed by atoms with van der Waals surface area (Å²) in [5, 5.41) is 0. The molecule has 0 saturated carbocycles. The highest BCUT2D eigenvalue weighted by molar-refractivity contribution is 5.18. The SMILES string of the molecule is C[n+]1ccccc1N. The van der Waals surface area contributed by atoms with Crippen LogP contribution in [-0.2, 0) is 7.05 Å². The lowest BCUT2D eigenvalue weighted by Gasteiger charge is -1.89. The van der Waals surface area contributed by atoms with E-state index in [0.717, 1.165) is 5.82 Å². The third-order valence-electron chi connectivity index (χ3n) is 1.10. The van der Waals surface area contributed by atoms with E-state index < -0.39 is 0 Å². The van der Waals surface area contributed by atoms with E-state index in [1.54, 1.807) is 0 Å². The fourth-order valence-corrected chi connectivity index (χ4v) is 0.537. The number of hydrogen-bond acceptors (Lipinski definition) is 1. The van der Waals surface area contributed by atoms with Crippen molar-refractivity contribution in [3.8, 4) is 0 Å². The molecular formula is C6H9N2+. The van der Waals surface area contributed by atoms with Crippen molar-refractivity contribution in [1.29, 1.82) is 0 Å². The van der Waals surface area contributed by atoms with Crippen molar-refractivity contribution < 1.29 is 4.57 Å². The van der Waals surface area contributed by atoms with Crippen LogP contribution in [0, 0.1) is 0 Å². The summed E-state index contributed by atoms with van der Waals surface area (Å²) in [7, 11) is 1.91. The van der Waals surface area contributed by atoms with Crippen molar-refractivity contribution in [2.45, 2.75) is 0 Å². The highest BCUT2D eigenvalue weighted by atomic mass is 15.0. The second kappa shape index (κ2) is 1.82. The number of nitrogen functional groups attached to an aromatic ring is 1. The molecule has 0 aliphatic rings. The molecule has 1 aromatic heterocycles. The average Bonchev–Trinajstić information content (AvgIpc) is 1.77. The summed E-state index contributed by atoms with van der Waals surface area (Å²) >= 11 is 0. The Bertz CT molecular complexity index is 163. The number of rotatable bonds is 0. The third-order valence-corrected chi connectivity index (χ3v) is 1.10. The van der Waals surface area contributed by atoms with Crippen LogP contribution in [0.2, 0.25) is 0 Å². The molecule has 2 N–H and O–H groups in total. The smallest absolute Gasteiger partial charge is 0.271 e. The normalized spacial score (nSPS) is 9.12. The summed E-state index contributed by atoms with van der Waals surface area (Å²) < 4.78 is 1.86. The van der Waals surface area contributed by atoms with E-state index in [9.17, 15) is 0 Å². The molecule has 42 valence electrons. The fraction of sp³-hybridized carbons (Fsp3) is 0.167. The minimum atomic E-state index is 0.785. The molecule has 0 spiro atoms. The monoisotopic (exact) mass is 109 g/mol. The second-order valence-electron chi connectivity index (χ2n) is 1.74. The minimum absolute atomic E-state index is 0.785. The van der Waals surface area contributed by atoms with Crippen molar-refractivity contribution in [3.05, 3.63) is 24.4 Å². The van der Waals surface area contributed by atoms with Gasteiger partial charge >= 0.3 is 0 Å². The van der Waals surface area contributed by atoms with Gasteiger partial charge in [0.15, 0.2) is 0 Å². The molecule has 0 bridgehead atoms. The van der Waals surface area contributed by atoms with Gasteiger partial charge < -0.3 is 0 Å². The molecule has 0 atom stereocenters. The summed E-state index contributed by atoms with van der Waals surface area (Å²) in [6.45, 7) is 0. The minimum Gasteiger partial charge on any atom is -0.287 e. The van der Waals surface area contributed by atoms with E-state index in [1.807, 2.05) is 36.0 Å². The van der Waals surface area contributed by atoms with Crippen LogP contribution in [0.15, 0.2) is 24.4 Å². The van der Waals surface area contributed by atoms with Crippen LogP contribution in [0.25, 0.3) is 0 Å². The van der Waals surface area contributed by atoms with Crippen LogP contribution in [-0.4, -0.2) is 0 Å². The maximum Gasteiger partial charge on any atom is 0.271 e. The first kappa shape index (κ1) is 5.09. The number of nitrogens with two attached hydrogens (primary N) is 1. The molecule has 1 rings (SSSR count). The van der Waals surface area contributed by atoms with Crippen molar-refractivity contribution >= 4 is 5.82 Å². The molecule has 0 saturated heterocycles. The molecule has 1 heterocycles.